The minimum Gasteiger partial charge on any atom is -0.335 e. The van der Waals surface area contributed by atoms with Crippen molar-refractivity contribution in [2.75, 3.05) is 13.1 Å². The van der Waals surface area contributed by atoms with E-state index in [9.17, 15) is 4.79 Å². The summed E-state index contributed by atoms with van der Waals surface area (Å²) in [5, 5.41) is 3.21. The number of rotatable bonds is 2. The SMILES string of the molecule is CC(C)C1CCN(C(=O)NC2CCCCC2)C1. The second-order valence-electron chi connectivity index (χ2n) is 6.02. The monoisotopic (exact) mass is 238 g/mol. The van der Waals surface area contributed by atoms with Gasteiger partial charge in [0.2, 0.25) is 0 Å². The smallest absolute Gasteiger partial charge is 0.317 e. The van der Waals surface area contributed by atoms with Crippen molar-refractivity contribution in [3.63, 3.8) is 0 Å². The lowest BCUT2D eigenvalue weighted by atomic mass is 9.95. The Kier molecular flexibility index (Phi) is 4.30. The number of carbonyl (C=O) groups is 1. The van der Waals surface area contributed by atoms with Gasteiger partial charge in [0.1, 0.15) is 0 Å². The van der Waals surface area contributed by atoms with Gasteiger partial charge in [0.15, 0.2) is 0 Å². The van der Waals surface area contributed by atoms with Gasteiger partial charge in [0.05, 0.1) is 0 Å². The number of urea groups is 1. The summed E-state index contributed by atoms with van der Waals surface area (Å²) in [7, 11) is 0. The molecule has 3 nitrogen and oxygen atoms in total. The molecule has 2 aliphatic rings. The standard InChI is InChI=1S/C14H26N2O/c1-11(2)12-8-9-16(10-12)14(17)15-13-6-4-3-5-7-13/h11-13H,3-10H2,1-2H3,(H,15,17). The molecule has 2 rings (SSSR count). The molecule has 1 heterocycles. The summed E-state index contributed by atoms with van der Waals surface area (Å²) in [5.41, 5.74) is 0. The van der Waals surface area contributed by atoms with Crippen LogP contribution in [0.4, 0.5) is 4.79 Å². The van der Waals surface area contributed by atoms with Gasteiger partial charge in [-0.15, -0.1) is 0 Å². The molecule has 0 aromatic rings. The number of nitrogens with one attached hydrogen (secondary N) is 1. The summed E-state index contributed by atoms with van der Waals surface area (Å²) < 4.78 is 0. The van der Waals surface area contributed by atoms with Gasteiger partial charge in [-0.25, -0.2) is 4.79 Å². The van der Waals surface area contributed by atoms with Crippen LogP contribution >= 0.6 is 0 Å². The highest BCUT2D eigenvalue weighted by Gasteiger charge is 2.29. The van der Waals surface area contributed by atoms with Crippen molar-refractivity contribution in [1.29, 1.82) is 0 Å². The molecular weight excluding hydrogens is 212 g/mol. The number of hydrogen-bond acceptors (Lipinski definition) is 1. The summed E-state index contributed by atoms with van der Waals surface area (Å²) in [6.45, 7) is 6.41. The van der Waals surface area contributed by atoms with Crippen molar-refractivity contribution >= 4 is 6.03 Å². The second-order valence-corrected chi connectivity index (χ2v) is 6.02. The Morgan fingerprint density at radius 1 is 1.18 bits per heavy atom. The van der Waals surface area contributed by atoms with Crippen LogP contribution in [0.25, 0.3) is 0 Å². The van der Waals surface area contributed by atoms with E-state index >= 15 is 0 Å². The Morgan fingerprint density at radius 3 is 2.47 bits per heavy atom. The summed E-state index contributed by atoms with van der Waals surface area (Å²) in [4.78, 5) is 14.1. The molecule has 1 aliphatic carbocycles. The van der Waals surface area contributed by atoms with E-state index in [1.807, 2.05) is 4.90 Å². The molecular formula is C14H26N2O. The van der Waals surface area contributed by atoms with Gasteiger partial charge < -0.3 is 10.2 Å². The molecule has 1 aliphatic heterocycles. The van der Waals surface area contributed by atoms with Gasteiger partial charge in [-0.1, -0.05) is 33.1 Å². The third kappa shape index (κ3) is 3.36. The largest absolute Gasteiger partial charge is 0.335 e. The fourth-order valence-electron chi connectivity index (χ4n) is 3.03. The van der Waals surface area contributed by atoms with Gasteiger partial charge in [0.25, 0.3) is 0 Å². The zero-order valence-electron chi connectivity index (χ0n) is 11.2. The highest BCUT2D eigenvalue weighted by atomic mass is 16.2. The Labute approximate surface area is 105 Å². The number of nitrogens with zero attached hydrogens (tertiary/aromatic N) is 1. The molecule has 1 unspecified atom stereocenters. The molecule has 1 N–H and O–H groups in total. The van der Waals surface area contributed by atoms with Crippen LogP contribution in [0.1, 0.15) is 52.4 Å². The van der Waals surface area contributed by atoms with E-state index in [2.05, 4.69) is 19.2 Å². The fraction of sp³-hybridized carbons (Fsp3) is 0.929. The molecule has 0 radical (unpaired) electrons. The lowest BCUT2D eigenvalue weighted by Crippen LogP contribution is -2.44. The van der Waals surface area contributed by atoms with E-state index in [-0.39, 0.29) is 6.03 Å². The second kappa shape index (κ2) is 5.74. The average molecular weight is 238 g/mol. The highest BCUT2D eigenvalue weighted by molar-refractivity contribution is 5.74. The van der Waals surface area contributed by atoms with Crippen molar-refractivity contribution in [3.05, 3.63) is 0 Å². The Balaban J connectivity index is 1.76. The van der Waals surface area contributed by atoms with Crippen LogP contribution in [0.15, 0.2) is 0 Å². The Hall–Kier alpha value is -0.730. The molecule has 1 atom stereocenters. The van der Waals surface area contributed by atoms with Crippen molar-refractivity contribution in [1.82, 2.24) is 10.2 Å². The molecule has 3 heteroatoms. The fourth-order valence-corrected chi connectivity index (χ4v) is 3.03. The van der Waals surface area contributed by atoms with Crippen LogP contribution in [-0.2, 0) is 0 Å². The molecule has 0 aromatic heterocycles. The van der Waals surface area contributed by atoms with E-state index in [0.717, 1.165) is 13.1 Å². The van der Waals surface area contributed by atoms with E-state index in [1.54, 1.807) is 0 Å². The van der Waals surface area contributed by atoms with Gasteiger partial charge in [-0.05, 0) is 31.1 Å². The van der Waals surface area contributed by atoms with Gasteiger partial charge >= 0.3 is 6.03 Å². The predicted molar refractivity (Wildman–Crippen MR) is 69.9 cm³/mol. The van der Waals surface area contributed by atoms with Gasteiger partial charge in [-0.3, -0.25) is 0 Å². The summed E-state index contributed by atoms with van der Waals surface area (Å²) >= 11 is 0. The molecule has 1 saturated heterocycles. The minimum atomic E-state index is 0.181. The molecule has 17 heavy (non-hydrogen) atoms. The number of carbonyl (C=O) groups excluding carboxylic acids is 1. The Morgan fingerprint density at radius 2 is 1.88 bits per heavy atom. The van der Waals surface area contributed by atoms with Crippen LogP contribution in [0.2, 0.25) is 0 Å². The zero-order valence-corrected chi connectivity index (χ0v) is 11.2. The van der Waals surface area contributed by atoms with Crippen LogP contribution in [0.5, 0.6) is 0 Å². The van der Waals surface area contributed by atoms with Crippen molar-refractivity contribution in [3.8, 4) is 0 Å². The average Bonchev–Trinajstić information content (AvgIpc) is 2.79. The third-order valence-electron chi connectivity index (χ3n) is 4.39. The zero-order chi connectivity index (χ0) is 12.3. The first-order chi connectivity index (χ1) is 8.16. The molecule has 0 bridgehead atoms. The van der Waals surface area contributed by atoms with E-state index in [0.29, 0.717) is 17.9 Å². The van der Waals surface area contributed by atoms with Crippen LogP contribution < -0.4 is 5.32 Å². The number of hydrogen-bond donors (Lipinski definition) is 1. The lowest BCUT2D eigenvalue weighted by Gasteiger charge is -2.26. The predicted octanol–water partition coefficient (Wildman–Crippen LogP) is 3.01. The third-order valence-corrected chi connectivity index (χ3v) is 4.39. The minimum absolute atomic E-state index is 0.181. The quantitative estimate of drug-likeness (QED) is 0.788. The van der Waals surface area contributed by atoms with Crippen LogP contribution in [0.3, 0.4) is 0 Å². The van der Waals surface area contributed by atoms with E-state index in [4.69, 9.17) is 0 Å². The Bertz CT molecular complexity index is 259. The highest BCUT2D eigenvalue weighted by Crippen LogP contribution is 2.24. The normalized spacial score (nSPS) is 26.5. The number of likely N-dealkylation sites (tertiary alicyclic amines) is 1. The summed E-state index contributed by atoms with van der Waals surface area (Å²) in [5.74, 6) is 1.40. The summed E-state index contributed by atoms with van der Waals surface area (Å²) in [6.07, 6.45) is 7.42. The van der Waals surface area contributed by atoms with Crippen molar-refractivity contribution in [2.45, 2.75) is 58.4 Å². The molecule has 0 aromatic carbocycles. The maximum atomic E-state index is 12.1. The first-order valence-electron chi connectivity index (χ1n) is 7.22. The van der Waals surface area contributed by atoms with E-state index in [1.165, 1.54) is 38.5 Å². The van der Waals surface area contributed by atoms with E-state index < -0.39 is 0 Å². The topological polar surface area (TPSA) is 32.3 Å². The summed E-state index contributed by atoms with van der Waals surface area (Å²) in [6, 6.07) is 0.620. The molecule has 2 fully saturated rings. The molecule has 1 saturated carbocycles. The van der Waals surface area contributed by atoms with Gasteiger partial charge in [-0.2, -0.15) is 0 Å². The first-order valence-corrected chi connectivity index (χ1v) is 7.22. The molecule has 98 valence electrons. The molecule has 2 amide bonds. The van der Waals surface area contributed by atoms with Crippen molar-refractivity contribution in [2.24, 2.45) is 11.8 Å². The maximum absolute atomic E-state index is 12.1. The first kappa shape index (κ1) is 12.7. The number of amides is 2. The lowest BCUT2D eigenvalue weighted by molar-refractivity contribution is 0.197. The van der Waals surface area contributed by atoms with Gasteiger partial charge in [0, 0.05) is 19.1 Å². The van der Waals surface area contributed by atoms with Crippen molar-refractivity contribution < 1.29 is 4.79 Å². The van der Waals surface area contributed by atoms with Crippen LogP contribution in [0, 0.1) is 11.8 Å². The molecule has 0 spiro atoms. The maximum Gasteiger partial charge on any atom is 0.317 e. The van der Waals surface area contributed by atoms with Crippen LogP contribution in [-0.4, -0.2) is 30.1 Å².